The molecule has 4 aromatic rings. The second-order valence-electron chi connectivity index (χ2n) is 7.30. The molecule has 0 radical (unpaired) electrons. The summed E-state index contributed by atoms with van der Waals surface area (Å²) in [5, 5.41) is 2.87. The van der Waals surface area contributed by atoms with E-state index in [1.807, 2.05) is 0 Å². The number of rotatable bonds is 1. The lowest BCUT2D eigenvalue weighted by Crippen LogP contribution is -2.26. The van der Waals surface area contributed by atoms with Crippen LogP contribution in [-0.4, -0.2) is 22.9 Å². The Hall–Kier alpha value is -2.32. The van der Waals surface area contributed by atoms with Gasteiger partial charge in [0.15, 0.2) is 0 Å². The van der Waals surface area contributed by atoms with Crippen LogP contribution in [0.15, 0.2) is 42.5 Å². The van der Waals surface area contributed by atoms with Gasteiger partial charge in [-0.15, -0.1) is 0 Å². The molecule has 0 amide bonds. The first-order chi connectivity index (χ1) is 11.6. The van der Waals surface area contributed by atoms with Crippen LogP contribution < -0.4 is 0 Å². The van der Waals surface area contributed by atoms with Crippen LogP contribution in [0.25, 0.3) is 27.5 Å². The summed E-state index contributed by atoms with van der Waals surface area (Å²) in [4.78, 5) is 2.44. The minimum absolute atomic E-state index is 1.06. The van der Waals surface area contributed by atoms with E-state index >= 15 is 0 Å². The summed E-state index contributed by atoms with van der Waals surface area (Å²) in [6.07, 6.45) is 1.13. The van der Waals surface area contributed by atoms with Gasteiger partial charge in [-0.3, -0.25) is 0 Å². The highest BCUT2D eigenvalue weighted by Gasteiger charge is 2.27. The highest BCUT2D eigenvalue weighted by Crippen LogP contribution is 2.42. The monoisotopic (exact) mass is 314 g/mol. The van der Waals surface area contributed by atoms with Crippen LogP contribution in [-0.2, 0) is 13.0 Å². The molecule has 2 aromatic heterocycles. The van der Waals surface area contributed by atoms with E-state index in [1.54, 1.807) is 0 Å². The molecule has 0 aliphatic carbocycles. The number of benzene rings is 2. The number of nitrogens with zero attached hydrogens (tertiary/aromatic N) is 2. The highest BCUT2D eigenvalue weighted by molar-refractivity contribution is 6.05. The predicted molar refractivity (Wildman–Crippen MR) is 101 cm³/mol. The Kier molecular flexibility index (Phi) is 2.84. The topological polar surface area (TPSA) is 7.65 Å². The summed E-state index contributed by atoms with van der Waals surface area (Å²) in [5.41, 5.74) is 9.95. The molecule has 0 N–H and O–H groups in total. The van der Waals surface area contributed by atoms with Gasteiger partial charge in [-0.25, -0.2) is 0 Å². The molecule has 2 nitrogen and oxygen atoms in total. The van der Waals surface area contributed by atoms with E-state index in [9.17, 15) is 0 Å². The van der Waals surface area contributed by atoms with Gasteiger partial charge >= 0.3 is 0 Å². The van der Waals surface area contributed by atoms with Gasteiger partial charge in [0, 0.05) is 36.0 Å². The predicted octanol–water partition coefficient (Wildman–Crippen LogP) is 4.80. The van der Waals surface area contributed by atoms with Crippen LogP contribution in [0.3, 0.4) is 0 Å². The highest BCUT2D eigenvalue weighted by atomic mass is 15.1. The van der Waals surface area contributed by atoms with Crippen molar-refractivity contribution < 1.29 is 0 Å². The van der Waals surface area contributed by atoms with Gasteiger partial charge in [-0.05, 0) is 55.3 Å². The molecule has 0 unspecified atom stereocenters. The van der Waals surface area contributed by atoms with E-state index in [0.29, 0.717) is 0 Å². The number of aromatic nitrogens is 1. The fourth-order valence-electron chi connectivity index (χ4n) is 4.53. The molecule has 5 rings (SSSR count). The summed E-state index contributed by atoms with van der Waals surface area (Å²) in [5.74, 6) is 0. The maximum atomic E-state index is 2.57. The average molecular weight is 314 g/mol. The first kappa shape index (κ1) is 14.1. The van der Waals surface area contributed by atoms with Gasteiger partial charge in [0.05, 0.1) is 11.2 Å². The molecule has 0 bridgehead atoms. The Bertz CT molecular complexity index is 1060. The van der Waals surface area contributed by atoms with Gasteiger partial charge in [0.25, 0.3) is 0 Å². The summed E-state index contributed by atoms with van der Waals surface area (Å²) < 4.78 is 2.57. The van der Waals surface area contributed by atoms with Gasteiger partial charge in [-0.2, -0.15) is 0 Å². The Balaban J connectivity index is 1.98. The van der Waals surface area contributed by atoms with Crippen molar-refractivity contribution in [2.45, 2.75) is 26.8 Å². The van der Waals surface area contributed by atoms with Crippen molar-refractivity contribution in [1.82, 2.24) is 9.30 Å². The lowest BCUT2D eigenvalue weighted by Gasteiger charge is -2.23. The van der Waals surface area contributed by atoms with Crippen LogP contribution in [0.5, 0.6) is 0 Å². The van der Waals surface area contributed by atoms with Gasteiger partial charge < -0.3 is 9.30 Å². The second-order valence-corrected chi connectivity index (χ2v) is 7.30. The molecule has 24 heavy (non-hydrogen) atoms. The fraction of sp³-hybridized carbons (Fsp3) is 0.273. The van der Waals surface area contributed by atoms with Crippen LogP contribution in [0.1, 0.15) is 22.4 Å². The van der Waals surface area contributed by atoms with E-state index in [4.69, 9.17) is 0 Å². The quantitative estimate of drug-likeness (QED) is 0.489. The molecule has 0 fully saturated rings. The van der Waals surface area contributed by atoms with E-state index < -0.39 is 0 Å². The molecule has 120 valence electrons. The van der Waals surface area contributed by atoms with Crippen LogP contribution >= 0.6 is 0 Å². The van der Waals surface area contributed by atoms with Gasteiger partial charge in [0.1, 0.15) is 0 Å². The van der Waals surface area contributed by atoms with Crippen LogP contribution in [0, 0.1) is 13.8 Å². The van der Waals surface area contributed by atoms with E-state index in [-0.39, 0.29) is 0 Å². The molecule has 3 heterocycles. The van der Waals surface area contributed by atoms with Crippen molar-refractivity contribution in [3.8, 4) is 11.3 Å². The van der Waals surface area contributed by atoms with Gasteiger partial charge in [0.2, 0.25) is 0 Å². The standard InChI is InChI=1S/C22H22N2/c1-14-11-17-15(2)21(16-7-5-4-6-8-16)24-20-9-10-23(3)13-19(20)18(12-14)22(17)24/h4-8,11-12H,9-10,13H2,1-3H3. The van der Waals surface area contributed by atoms with E-state index in [2.05, 4.69) is 72.7 Å². The second kappa shape index (κ2) is 4.84. The molecule has 0 atom stereocenters. The van der Waals surface area contributed by atoms with Crippen LogP contribution in [0.2, 0.25) is 0 Å². The summed E-state index contributed by atoms with van der Waals surface area (Å²) in [6.45, 7) is 6.70. The zero-order chi connectivity index (χ0) is 16.4. The molecule has 1 aliphatic heterocycles. The smallest absolute Gasteiger partial charge is 0.0611 e. The van der Waals surface area contributed by atoms with Crippen molar-refractivity contribution in [3.05, 3.63) is 64.8 Å². The normalized spacial score (nSPS) is 15.5. The third-order valence-corrected chi connectivity index (χ3v) is 5.61. The molecule has 2 aromatic carbocycles. The molecule has 0 saturated heterocycles. The fourth-order valence-corrected chi connectivity index (χ4v) is 4.53. The third kappa shape index (κ3) is 1.75. The van der Waals surface area contributed by atoms with Gasteiger partial charge in [-0.1, -0.05) is 30.3 Å². The number of fused-ring (bicyclic) bond motifs is 3. The molecule has 0 spiro atoms. The van der Waals surface area contributed by atoms with Crippen molar-refractivity contribution in [3.63, 3.8) is 0 Å². The lowest BCUT2D eigenvalue weighted by atomic mass is 9.99. The largest absolute Gasteiger partial charge is 0.312 e. The Morgan fingerprint density at radius 3 is 2.50 bits per heavy atom. The number of hydrogen-bond donors (Lipinski definition) is 0. The molecule has 0 saturated carbocycles. The zero-order valence-electron chi connectivity index (χ0n) is 14.6. The number of hydrogen-bond acceptors (Lipinski definition) is 1. The number of aryl methyl sites for hydroxylation is 2. The number of likely N-dealkylation sites (N-methyl/N-ethyl adjacent to an activating group) is 1. The minimum Gasteiger partial charge on any atom is -0.312 e. The first-order valence-corrected chi connectivity index (χ1v) is 8.77. The first-order valence-electron chi connectivity index (χ1n) is 8.77. The molecular formula is C22H22N2. The molecular weight excluding hydrogens is 292 g/mol. The van der Waals surface area contributed by atoms with E-state index in [0.717, 1.165) is 19.5 Å². The Morgan fingerprint density at radius 2 is 1.71 bits per heavy atom. The minimum atomic E-state index is 1.06. The average Bonchev–Trinajstić information content (AvgIpc) is 3.04. The van der Waals surface area contributed by atoms with Crippen molar-refractivity contribution in [1.29, 1.82) is 0 Å². The van der Waals surface area contributed by atoms with E-state index in [1.165, 1.54) is 49.9 Å². The maximum Gasteiger partial charge on any atom is 0.0611 e. The zero-order valence-corrected chi connectivity index (χ0v) is 14.6. The summed E-state index contributed by atoms with van der Waals surface area (Å²) in [7, 11) is 2.23. The van der Waals surface area contributed by atoms with Crippen molar-refractivity contribution in [2.24, 2.45) is 0 Å². The molecule has 1 aliphatic rings. The third-order valence-electron chi connectivity index (χ3n) is 5.61. The Morgan fingerprint density at radius 1 is 0.958 bits per heavy atom. The SMILES string of the molecule is Cc1cc2c(C)c(-c3ccccc3)n3c4c(c(c1)c23)CN(C)CC4. The van der Waals surface area contributed by atoms with Crippen molar-refractivity contribution >= 4 is 16.3 Å². The molecule has 2 heteroatoms. The lowest BCUT2D eigenvalue weighted by molar-refractivity contribution is 0.312. The summed E-state index contributed by atoms with van der Waals surface area (Å²) in [6, 6.07) is 15.6. The van der Waals surface area contributed by atoms with Crippen molar-refractivity contribution in [2.75, 3.05) is 13.6 Å². The summed E-state index contributed by atoms with van der Waals surface area (Å²) >= 11 is 0. The Labute approximate surface area is 142 Å². The maximum absolute atomic E-state index is 2.57. The van der Waals surface area contributed by atoms with Crippen LogP contribution in [0.4, 0.5) is 0 Å².